The molecule has 2 nitrogen and oxygen atoms in total. The largest absolute Gasteiger partial charge is 0.492 e. The molecule has 1 unspecified atom stereocenters. The van der Waals surface area contributed by atoms with Crippen molar-refractivity contribution in [1.29, 1.82) is 0 Å². The second kappa shape index (κ2) is 6.95. The molecule has 0 heterocycles. The van der Waals surface area contributed by atoms with Gasteiger partial charge in [-0.25, -0.2) is 0 Å². The number of hydrogen-bond acceptors (Lipinski definition) is 2. The molecule has 1 N–H and O–H groups in total. The Morgan fingerprint density at radius 2 is 1.84 bits per heavy atom. The van der Waals surface area contributed by atoms with Gasteiger partial charge in [0.15, 0.2) is 0 Å². The Kier molecular flexibility index (Phi) is 5.86. The van der Waals surface area contributed by atoms with E-state index in [4.69, 9.17) is 4.74 Å². The van der Waals surface area contributed by atoms with E-state index in [-0.39, 0.29) is 5.41 Å². The molecule has 19 heavy (non-hydrogen) atoms. The molecular weight excluding hydrogens is 234 g/mol. The van der Waals surface area contributed by atoms with Crippen LogP contribution in [0.4, 0.5) is 0 Å². The van der Waals surface area contributed by atoms with Crippen molar-refractivity contribution < 1.29 is 4.74 Å². The molecule has 2 heteroatoms. The lowest BCUT2D eigenvalue weighted by molar-refractivity contribution is 0.296. The van der Waals surface area contributed by atoms with Crippen LogP contribution in [0.2, 0.25) is 0 Å². The molecule has 108 valence electrons. The van der Waals surface area contributed by atoms with Gasteiger partial charge in [0.1, 0.15) is 12.4 Å². The van der Waals surface area contributed by atoms with Crippen molar-refractivity contribution in [3.05, 3.63) is 29.8 Å². The molecule has 0 radical (unpaired) electrons. The van der Waals surface area contributed by atoms with Gasteiger partial charge in [-0.15, -0.1) is 0 Å². The van der Waals surface area contributed by atoms with Crippen LogP contribution in [0.3, 0.4) is 0 Å². The Morgan fingerprint density at radius 3 is 2.42 bits per heavy atom. The summed E-state index contributed by atoms with van der Waals surface area (Å²) in [6, 6.07) is 8.93. The van der Waals surface area contributed by atoms with Crippen molar-refractivity contribution in [1.82, 2.24) is 5.32 Å². The Morgan fingerprint density at radius 1 is 1.16 bits per heavy atom. The molecule has 1 aromatic carbocycles. The monoisotopic (exact) mass is 263 g/mol. The minimum Gasteiger partial charge on any atom is -0.492 e. The Labute approximate surface area is 118 Å². The molecule has 0 aliphatic carbocycles. The van der Waals surface area contributed by atoms with E-state index in [1.54, 1.807) is 0 Å². The van der Waals surface area contributed by atoms with Crippen molar-refractivity contribution in [2.45, 2.75) is 53.0 Å². The van der Waals surface area contributed by atoms with Crippen LogP contribution in [0, 0.1) is 5.92 Å². The molecule has 0 amide bonds. The topological polar surface area (TPSA) is 21.3 Å². The minimum atomic E-state index is 0.170. The summed E-state index contributed by atoms with van der Waals surface area (Å²) in [6.45, 7) is 14.9. The first-order valence-electron chi connectivity index (χ1n) is 7.27. The van der Waals surface area contributed by atoms with Crippen molar-refractivity contribution in [2.75, 3.05) is 13.2 Å². The summed E-state index contributed by atoms with van der Waals surface area (Å²) in [5.74, 6) is 1.62. The van der Waals surface area contributed by atoms with Gasteiger partial charge in [-0.05, 0) is 36.0 Å². The molecule has 1 rings (SSSR count). The third-order valence-corrected chi connectivity index (χ3v) is 3.54. The van der Waals surface area contributed by atoms with Gasteiger partial charge in [0.25, 0.3) is 0 Å². The maximum absolute atomic E-state index is 5.81. The van der Waals surface area contributed by atoms with Crippen LogP contribution in [0.25, 0.3) is 0 Å². The predicted molar refractivity (Wildman–Crippen MR) is 82.9 cm³/mol. The zero-order chi connectivity index (χ0) is 14.5. The first-order chi connectivity index (χ1) is 8.80. The highest BCUT2D eigenvalue weighted by Gasteiger charge is 2.13. The first-order valence-corrected chi connectivity index (χ1v) is 7.27. The Balaban J connectivity index is 2.42. The first kappa shape index (κ1) is 16.0. The summed E-state index contributed by atoms with van der Waals surface area (Å²) in [5.41, 5.74) is 1.48. The maximum atomic E-state index is 5.81. The van der Waals surface area contributed by atoms with Crippen molar-refractivity contribution in [3.63, 3.8) is 0 Å². The number of nitrogens with one attached hydrogen (secondary N) is 1. The van der Waals surface area contributed by atoms with Crippen LogP contribution in [-0.2, 0) is 5.41 Å². The van der Waals surface area contributed by atoms with Crippen molar-refractivity contribution in [3.8, 4) is 5.75 Å². The molecule has 0 aliphatic rings. The maximum Gasteiger partial charge on any atom is 0.119 e. The van der Waals surface area contributed by atoms with Crippen molar-refractivity contribution in [2.24, 2.45) is 5.92 Å². The van der Waals surface area contributed by atoms with Gasteiger partial charge in [0, 0.05) is 12.6 Å². The second-order valence-electron chi connectivity index (χ2n) is 6.61. The Bertz CT molecular complexity index is 379. The number of hydrogen-bond donors (Lipinski definition) is 1. The van der Waals surface area contributed by atoms with Gasteiger partial charge >= 0.3 is 0 Å². The van der Waals surface area contributed by atoms with E-state index in [9.17, 15) is 0 Å². The lowest BCUT2D eigenvalue weighted by Gasteiger charge is -2.20. The fraction of sp³-hybridized carbons (Fsp3) is 0.647. The van der Waals surface area contributed by atoms with Gasteiger partial charge in [-0.1, -0.05) is 46.8 Å². The second-order valence-corrected chi connectivity index (χ2v) is 6.61. The third-order valence-electron chi connectivity index (χ3n) is 3.54. The predicted octanol–water partition coefficient (Wildman–Crippen LogP) is 4.00. The lowest BCUT2D eigenvalue weighted by Crippen LogP contribution is -2.33. The van der Waals surface area contributed by atoms with Crippen molar-refractivity contribution >= 4 is 0 Å². The number of ether oxygens (including phenoxy) is 1. The van der Waals surface area contributed by atoms with E-state index in [0.717, 1.165) is 12.3 Å². The fourth-order valence-corrected chi connectivity index (χ4v) is 1.74. The van der Waals surface area contributed by atoms with Gasteiger partial charge < -0.3 is 10.1 Å². The molecule has 0 aromatic heterocycles. The van der Waals surface area contributed by atoms with Crippen LogP contribution >= 0.6 is 0 Å². The molecule has 0 saturated carbocycles. The quantitative estimate of drug-likeness (QED) is 0.783. The SMILES string of the molecule is CC(C)C(C)NCCOc1cccc(C(C)(C)C)c1. The average molecular weight is 263 g/mol. The minimum absolute atomic E-state index is 0.170. The highest BCUT2D eigenvalue weighted by Crippen LogP contribution is 2.25. The van der Waals surface area contributed by atoms with Crippen LogP contribution < -0.4 is 10.1 Å². The molecule has 0 bridgehead atoms. The summed E-state index contributed by atoms with van der Waals surface area (Å²) < 4.78 is 5.81. The van der Waals surface area contributed by atoms with Crippen LogP contribution in [0.15, 0.2) is 24.3 Å². The van der Waals surface area contributed by atoms with E-state index < -0.39 is 0 Å². The summed E-state index contributed by atoms with van der Waals surface area (Å²) in [7, 11) is 0. The standard InChI is InChI=1S/C17H29NO/c1-13(2)14(3)18-10-11-19-16-9-7-8-15(12-16)17(4,5)6/h7-9,12-14,18H,10-11H2,1-6H3. The molecule has 1 atom stereocenters. The molecule has 0 spiro atoms. The summed E-state index contributed by atoms with van der Waals surface area (Å²) >= 11 is 0. The smallest absolute Gasteiger partial charge is 0.119 e. The van der Waals surface area contributed by atoms with Crippen LogP contribution in [-0.4, -0.2) is 19.2 Å². The van der Waals surface area contributed by atoms with E-state index in [0.29, 0.717) is 18.6 Å². The van der Waals surface area contributed by atoms with E-state index >= 15 is 0 Å². The summed E-state index contributed by atoms with van der Waals surface area (Å²) in [5, 5.41) is 3.47. The zero-order valence-corrected chi connectivity index (χ0v) is 13.3. The summed E-state index contributed by atoms with van der Waals surface area (Å²) in [6.07, 6.45) is 0. The van der Waals surface area contributed by atoms with Gasteiger partial charge in [0.05, 0.1) is 0 Å². The number of rotatable bonds is 6. The molecule has 1 aromatic rings. The van der Waals surface area contributed by atoms with E-state index in [2.05, 4.69) is 65.1 Å². The average Bonchev–Trinajstić information content (AvgIpc) is 2.33. The fourth-order valence-electron chi connectivity index (χ4n) is 1.74. The highest BCUT2D eigenvalue weighted by molar-refractivity contribution is 5.32. The van der Waals surface area contributed by atoms with Crippen LogP contribution in [0.5, 0.6) is 5.75 Å². The zero-order valence-electron chi connectivity index (χ0n) is 13.3. The van der Waals surface area contributed by atoms with Crippen LogP contribution in [0.1, 0.15) is 47.1 Å². The Hall–Kier alpha value is -1.02. The normalized spacial score (nSPS) is 13.6. The lowest BCUT2D eigenvalue weighted by atomic mass is 9.87. The van der Waals surface area contributed by atoms with Gasteiger partial charge in [-0.3, -0.25) is 0 Å². The van der Waals surface area contributed by atoms with E-state index in [1.165, 1.54) is 5.56 Å². The molecule has 0 aliphatic heterocycles. The molecule has 0 saturated heterocycles. The highest BCUT2D eigenvalue weighted by atomic mass is 16.5. The summed E-state index contributed by atoms with van der Waals surface area (Å²) in [4.78, 5) is 0. The van der Waals surface area contributed by atoms with Gasteiger partial charge in [0.2, 0.25) is 0 Å². The molecular formula is C17H29NO. The molecule has 0 fully saturated rings. The van der Waals surface area contributed by atoms with E-state index in [1.807, 2.05) is 6.07 Å². The third kappa shape index (κ3) is 5.65. The number of benzene rings is 1. The van der Waals surface area contributed by atoms with Gasteiger partial charge in [-0.2, -0.15) is 0 Å².